The fourth-order valence-corrected chi connectivity index (χ4v) is 2.99. The van der Waals surface area contributed by atoms with Crippen LogP contribution in [0.5, 0.6) is 11.6 Å². The maximum Gasteiger partial charge on any atom is 0.255 e. The molecule has 2 heterocycles. The highest BCUT2D eigenvalue weighted by atomic mass is 79.9. The van der Waals surface area contributed by atoms with Crippen molar-refractivity contribution < 1.29 is 9.53 Å². The number of likely N-dealkylation sites (tertiary alicyclic amines) is 1. The number of halogens is 1. The first-order valence-corrected chi connectivity index (χ1v) is 8.34. The molecule has 0 spiro atoms. The van der Waals surface area contributed by atoms with Crippen molar-refractivity contribution >= 4 is 21.8 Å². The Morgan fingerprint density at radius 2 is 2.26 bits per heavy atom. The number of benzene rings is 1. The molecule has 1 amide bonds. The van der Waals surface area contributed by atoms with Crippen molar-refractivity contribution in [3.63, 3.8) is 0 Å². The van der Waals surface area contributed by atoms with E-state index in [1.165, 1.54) is 0 Å². The lowest BCUT2D eigenvalue weighted by Crippen LogP contribution is -2.29. The molecule has 120 valence electrons. The van der Waals surface area contributed by atoms with Crippen LogP contribution in [-0.2, 0) is 0 Å². The van der Waals surface area contributed by atoms with Gasteiger partial charge in [-0.15, -0.1) is 0 Å². The van der Waals surface area contributed by atoms with Gasteiger partial charge in [-0.2, -0.15) is 0 Å². The summed E-state index contributed by atoms with van der Waals surface area (Å²) in [4.78, 5) is 18.5. The summed E-state index contributed by atoms with van der Waals surface area (Å²) in [6.07, 6.45) is 2.53. The van der Waals surface area contributed by atoms with Gasteiger partial charge in [0.25, 0.3) is 5.91 Å². The number of pyridine rings is 1. The molecule has 1 saturated heterocycles. The highest BCUT2D eigenvalue weighted by Crippen LogP contribution is 2.23. The van der Waals surface area contributed by atoms with Crippen molar-refractivity contribution in [1.82, 2.24) is 9.88 Å². The van der Waals surface area contributed by atoms with Gasteiger partial charge in [-0.3, -0.25) is 4.79 Å². The number of carbonyl (C=O) groups excluding carboxylic acids is 1. The van der Waals surface area contributed by atoms with E-state index < -0.39 is 0 Å². The van der Waals surface area contributed by atoms with E-state index in [1.54, 1.807) is 18.3 Å². The molecular formula is C17H18BrN3O2. The number of nitrogens with zero attached hydrogens (tertiary/aromatic N) is 2. The second-order valence-corrected chi connectivity index (χ2v) is 6.50. The Morgan fingerprint density at radius 3 is 2.91 bits per heavy atom. The molecule has 1 aromatic carbocycles. The van der Waals surface area contributed by atoms with E-state index in [2.05, 4.69) is 20.9 Å². The molecule has 23 heavy (non-hydrogen) atoms. The Bertz CT molecular complexity index is 690. The Kier molecular flexibility index (Phi) is 4.93. The number of ether oxygens (including phenoxy) is 1. The third kappa shape index (κ3) is 3.89. The minimum atomic E-state index is 0.00227. The first kappa shape index (κ1) is 16.0. The van der Waals surface area contributed by atoms with Crippen molar-refractivity contribution in [2.45, 2.75) is 6.42 Å². The predicted octanol–water partition coefficient (Wildman–Crippen LogP) is 3.06. The van der Waals surface area contributed by atoms with Crippen molar-refractivity contribution in [1.29, 1.82) is 0 Å². The molecule has 2 N–H and O–H groups in total. The van der Waals surface area contributed by atoms with Gasteiger partial charge in [-0.1, -0.05) is 22.0 Å². The normalized spacial score (nSPS) is 17.3. The van der Waals surface area contributed by atoms with E-state index in [9.17, 15) is 4.79 Å². The van der Waals surface area contributed by atoms with Crippen molar-refractivity contribution in [3.05, 3.63) is 52.6 Å². The van der Waals surface area contributed by atoms with Gasteiger partial charge in [-0.05, 0) is 43.1 Å². The summed E-state index contributed by atoms with van der Waals surface area (Å²) < 4.78 is 6.61. The van der Waals surface area contributed by atoms with Gasteiger partial charge in [0, 0.05) is 29.8 Å². The number of hydrogen-bond donors (Lipinski definition) is 1. The van der Waals surface area contributed by atoms with E-state index in [0.717, 1.165) is 24.0 Å². The van der Waals surface area contributed by atoms with E-state index in [0.29, 0.717) is 29.7 Å². The first-order chi connectivity index (χ1) is 11.2. The van der Waals surface area contributed by atoms with Crippen LogP contribution >= 0.6 is 15.9 Å². The van der Waals surface area contributed by atoms with Gasteiger partial charge in [-0.25, -0.2) is 4.98 Å². The number of aromatic nitrogens is 1. The summed E-state index contributed by atoms with van der Waals surface area (Å²) >= 11 is 3.40. The van der Waals surface area contributed by atoms with Crippen molar-refractivity contribution in [3.8, 4) is 11.6 Å². The fraction of sp³-hybridized carbons (Fsp3) is 0.294. The van der Waals surface area contributed by atoms with Crippen molar-refractivity contribution in [2.24, 2.45) is 11.7 Å². The van der Waals surface area contributed by atoms with Crippen LogP contribution in [0.1, 0.15) is 16.8 Å². The Labute approximate surface area is 143 Å². The Balaban J connectivity index is 1.66. The zero-order valence-corrected chi connectivity index (χ0v) is 14.2. The summed E-state index contributed by atoms with van der Waals surface area (Å²) in [5, 5.41) is 0. The lowest BCUT2D eigenvalue weighted by atomic mass is 10.1. The number of carbonyl (C=O) groups is 1. The van der Waals surface area contributed by atoms with Gasteiger partial charge < -0.3 is 15.4 Å². The molecule has 1 fully saturated rings. The van der Waals surface area contributed by atoms with Gasteiger partial charge in [0.1, 0.15) is 5.75 Å². The minimum Gasteiger partial charge on any atom is -0.439 e. The number of nitrogens with two attached hydrogens (primary N) is 1. The smallest absolute Gasteiger partial charge is 0.255 e. The maximum absolute atomic E-state index is 12.4. The van der Waals surface area contributed by atoms with Crippen LogP contribution in [-0.4, -0.2) is 35.4 Å². The molecule has 3 rings (SSSR count). The van der Waals surface area contributed by atoms with Crippen LogP contribution in [0.3, 0.4) is 0 Å². The molecule has 0 radical (unpaired) electrons. The summed E-state index contributed by atoms with van der Waals surface area (Å²) in [6, 6.07) is 11.0. The molecule has 1 atom stereocenters. The third-order valence-corrected chi connectivity index (χ3v) is 4.40. The highest BCUT2D eigenvalue weighted by Gasteiger charge is 2.26. The molecule has 1 unspecified atom stereocenters. The molecule has 1 aromatic heterocycles. The molecule has 5 nitrogen and oxygen atoms in total. The quantitative estimate of drug-likeness (QED) is 0.891. The van der Waals surface area contributed by atoms with Gasteiger partial charge >= 0.3 is 0 Å². The molecule has 0 aliphatic carbocycles. The van der Waals surface area contributed by atoms with E-state index in [-0.39, 0.29) is 5.91 Å². The topological polar surface area (TPSA) is 68.5 Å². The van der Waals surface area contributed by atoms with Crippen LogP contribution in [0.25, 0.3) is 0 Å². The van der Waals surface area contributed by atoms with Crippen LogP contribution < -0.4 is 10.5 Å². The summed E-state index contributed by atoms with van der Waals surface area (Å²) in [6.45, 7) is 2.12. The van der Waals surface area contributed by atoms with Crippen LogP contribution in [0.15, 0.2) is 47.1 Å². The second-order valence-electron chi connectivity index (χ2n) is 5.59. The average Bonchev–Trinajstić information content (AvgIpc) is 3.04. The lowest BCUT2D eigenvalue weighted by Gasteiger charge is -2.16. The molecule has 1 aliphatic rings. The predicted molar refractivity (Wildman–Crippen MR) is 91.5 cm³/mol. The molecule has 1 aliphatic heterocycles. The van der Waals surface area contributed by atoms with Crippen LogP contribution in [0.2, 0.25) is 0 Å². The molecule has 0 saturated carbocycles. The number of amides is 1. The fourth-order valence-electron chi connectivity index (χ4n) is 2.61. The largest absolute Gasteiger partial charge is 0.439 e. The van der Waals surface area contributed by atoms with Gasteiger partial charge in [0.05, 0.1) is 5.56 Å². The van der Waals surface area contributed by atoms with Crippen molar-refractivity contribution in [2.75, 3.05) is 19.6 Å². The SMILES string of the molecule is NCC1CCN(C(=O)c2ccc(Oc3cccc(Br)c3)nc2)C1. The minimum absolute atomic E-state index is 0.00227. The Morgan fingerprint density at radius 1 is 1.39 bits per heavy atom. The monoisotopic (exact) mass is 375 g/mol. The van der Waals surface area contributed by atoms with Gasteiger partial charge in [0.2, 0.25) is 5.88 Å². The average molecular weight is 376 g/mol. The van der Waals surface area contributed by atoms with E-state index >= 15 is 0 Å². The van der Waals surface area contributed by atoms with Crippen LogP contribution in [0.4, 0.5) is 0 Å². The summed E-state index contributed by atoms with van der Waals surface area (Å²) in [5.41, 5.74) is 6.24. The van der Waals surface area contributed by atoms with Gasteiger partial charge in [0.15, 0.2) is 0 Å². The molecule has 2 aromatic rings. The maximum atomic E-state index is 12.4. The molecular weight excluding hydrogens is 358 g/mol. The second kappa shape index (κ2) is 7.10. The Hall–Kier alpha value is -1.92. The zero-order valence-electron chi connectivity index (χ0n) is 12.6. The zero-order chi connectivity index (χ0) is 16.2. The molecule has 6 heteroatoms. The third-order valence-electron chi connectivity index (χ3n) is 3.91. The molecule has 0 bridgehead atoms. The lowest BCUT2D eigenvalue weighted by molar-refractivity contribution is 0.0787. The van der Waals surface area contributed by atoms with Crippen LogP contribution in [0, 0.1) is 5.92 Å². The number of hydrogen-bond acceptors (Lipinski definition) is 4. The summed E-state index contributed by atoms with van der Waals surface area (Å²) in [5.74, 6) is 1.56. The van der Waals surface area contributed by atoms with E-state index in [1.807, 2.05) is 29.2 Å². The summed E-state index contributed by atoms with van der Waals surface area (Å²) in [7, 11) is 0. The number of rotatable bonds is 4. The van der Waals surface area contributed by atoms with E-state index in [4.69, 9.17) is 10.5 Å². The highest BCUT2D eigenvalue weighted by molar-refractivity contribution is 9.10. The standard InChI is InChI=1S/C17H18BrN3O2/c18-14-2-1-3-15(8-14)23-16-5-4-13(10-20-16)17(22)21-7-6-12(9-19)11-21/h1-5,8,10,12H,6-7,9,11,19H2. The first-order valence-electron chi connectivity index (χ1n) is 7.54.